The summed E-state index contributed by atoms with van der Waals surface area (Å²) in [5.74, 6) is 0. The SMILES string of the molecule is CCN(C(CC)(CC)CN)S(=O)(=O)c1ccn[nH]1. The maximum absolute atomic E-state index is 12.5. The van der Waals surface area contributed by atoms with E-state index in [-0.39, 0.29) is 5.03 Å². The second kappa shape index (κ2) is 5.81. The van der Waals surface area contributed by atoms with Gasteiger partial charge in [-0.2, -0.15) is 9.40 Å². The van der Waals surface area contributed by atoms with Gasteiger partial charge in [-0.25, -0.2) is 8.42 Å². The molecule has 1 aromatic heterocycles. The van der Waals surface area contributed by atoms with Crippen molar-refractivity contribution >= 4 is 10.0 Å². The number of nitrogens with zero attached hydrogens (tertiary/aromatic N) is 2. The normalized spacial score (nSPS) is 13.2. The maximum Gasteiger partial charge on any atom is 0.260 e. The smallest absolute Gasteiger partial charge is 0.260 e. The molecule has 0 saturated carbocycles. The summed E-state index contributed by atoms with van der Waals surface area (Å²) in [6.45, 7) is 6.44. The number of aromatic nitrogens is 2. The average Bonchev–Trinajstić information content (AvgIpc) is 2.90. The van der Waals surface area contributed by atoms with Crippen LogP contribution >= 0.6 is 0 Å². The Morgan fingerprint density at radius 2 is 2.00 bits per heavy atom. The van der Waals surface area contributed by atoms with Crippen molar-refractivity contribution in [3.63, 3.8) is 0 Å². The van der Waals surface area contributed by atoms with Crippen LogP contribution in [0.2, 0.25) is 0 Å². The Kier molecular flexibility index (Phi) is 4.89. The summed E-state index contributed by atoms with van der Waals surface area (Å²) in [6, 6.07) is 1.46. The molecule has 1 aromatic rings. The number of aromatic amines is 1. The minimum Gasteiger partial charge on any atom is -0.329 e. The molecule has 104 valence electrons. The fourth-order valence-corrected chi connectivity index (χ4v) is 4.08. The van der Waals surface area contributed by atoms with E-state index in [1.165, 1.54) is 16.6 Å². The largest absolute Gasteiger partial charge is 0.329 e. The third-order valence-corrected chi connectivity index (χ3v) is 5.56. The predicted molar refractivity (Wildman–Crippen MR) is 70.5 cm³/mol. The van der Waals surface area contributed by atoms with Gasteiger partial charge in [0.05, 0.1) is 6.20 Å². The molecule has 0 aromatic carbocycles. The van der Waals surface area contributed by atoms with Crippen LogP contribution in [0.4, 0.5) is 0 Å². The number of hydrogen-bond donors (Lipinski definition) is 2. The molecule has 0 fully saturated rings. The molecule has 0 spiro atoms. The fraction of sp³-hybridized carbons (Fsp3) is 0.727. The van der Waals surface area contributed by atoms with Crippen LogP contribution in [-0.4, -0.2) is 41.5 Å². The Balaban J connectivity index is 3.25. The minimum atomic E-state index is -3.57. The molecule has 7 heteroatoms. The van der Waals surface area contributed by atoms with E-state index in [2.05, 4.69) is 10.2 Å². The lowest BCUT2D eigenvalue weighted by Gasteiger charge is -2.40. The lowest BCUT2D eigenvalue weighted by atomic mass is 9.93. The Morgan fingerprint density at radius 1 is 1.39 bits per heavy atom. The number of H-pyrrole nitrogens is 1. The lowest BCUT2D eigenvalue weighted by Crippen LogP contribution is -2.55. The molecule has 0 aliphatic heterocycles. The van der Waals surface area contributed by atoms with Gasteiger partial charge in [0, 0.05) is 18.6 Å². The zero-order chi connectivity index (χ0) is 13.8. The number of nitrogens with one attached hydrogen (secondary N) is 1. The van der Waals surface area contributed by atoms with Crippen LogP contribution in [0.1, 0.15) is 33.6 Å². The van der Waals surface area contributed by atoms with Gasteiger partial charge < -0.3 is 5.73 Å². The number of sulfonamides is 1. The Labute approximate surface area is 109 Å². The highest BCUT2D eigenvalue weighted by Crippen LogP contribution is 2.28. The van der Waals surface area contributed by atoms with Crippen LogP contribution in [0.15, 0.2) is 17.3 Å². The van der Waals surface area contributed by atoms with E-state index in [0.29, 0.717) is 25.9 Å². The van der Waals surface area contributed by atoms with Crippen molar-refractivity contribution in [2.45, 2.75) is 44.2 Å². The van der Waals surface area contributed by atoms with E-state index in [1.807, 2.05) is 20.8 Å². The Bertz CT molecular complexity index is 443. The number of nitrogens with two attached hydrogens (primary N) is 1. The van der Waals surface area contributed by atoms with Crippen LogP contribution in [-0.2, 0) is 10.0 Å². The molecule has 1 heterocycles. The molecule has 0 aliphatic carbocycles. The summed E-state index contributed by atoms with van der Waals surface area (Å²) in [4.78, 5) is 0. The highest BCUT2D eigenvalue weighted by Gasteiger charge is 2.40. The second-order valence-electron chi connectivity index (χ2n) is 4.23. The molecule has 0 unspecified atom stereocenters. The van der Waals surface area contributed by atoms with E-state index in [0.717, 1.165) is 0 Å². The maximum atomic E-state index is 12.5. The van der Waals surface area contributed by atoms with E-state index in [4.69, 9.17) is 5.73 Å². The van der Waals surface area contributed by atoms with Gasteiger partial charge in [0.2, 0.25) is 0 Å². The molecule has 0 aliphatic rings. The first-order chi connectivity index (χ1) is 8.48. The summed E-state index contributed by atoms with van der Waals surface area (Å²) in [5, 5.41) is 6.33. The molecular weight excluding hydrogens is 252 g/mol. The minimum absolute atomic E-state index is 0.115. The van der Waals surface area contributed by atoms with Crippen LogP contribution < -0.4 is 5.73 Å². The van der Waals surface area contributed by atoms with Gasteiger partial charge in [-0.3, -0.25) is 5.10 Å². The van der Waals surface area contributed by atoms with Gasteiger partial charge in [0.1, 0.15) is 0 Å². The standard InChI is InChI=1S/C11H22N4O2S/c1-4-11(5-2,9-12)15(6-3)18(16,17)10-7-8-13-14-10/h7-8H,4-6,9,12H2,1-3H3,(H,13,14). The van der Waals surface area contributed by atoms with Crippen LogP contribution in [0.25, 0.3) is 0 Å². The van der Waals surface area contributed by atoms with Gasteiger partial charge >= 0.3 is 0 Å². The second-order valence-corrected chi connectivity index (χ2v) is 6.06. The number of likely N-dealkylation sites (N-methyl/N-ethyl adjacent to an activating group) is 1. The summed E-state index contributed by atoms with van der Waals surface area (Å²) in [6.07, 6.45) is 2.80. The number of hydrogen-bond acceptors (Lipinski definition) is 4. The highest BCUT2D eigenvalue weighted by molar-refractivity contribution is 7.89. The quantitative estimate of drug-likeness (QED) is 0.774. The topological polar surface area (TPSA) is 92.1 Å². The molecule has 3 N–H and O–H groups in total. The van der Waals surface area contributed by atoms with Gasteiger partial charge in [-0.15, -0.1) is 0 Å². The third kappa shape index (κ3) is 2.43. The van der Waals surface area contributed by atoms with Crippen molar-refractivity contribution < 1.29 is 8.42 Å². The van der Waals surface area contributed by atoms with Gasteiger partial charge in [-0.1, -0.05) is 20.8 Å². The Morgan fingerprint density at radius 3 is 2.33 bits per heavy atom. The van der Waals surface area contributed by atoms with E-state index >= 15 is 0 Å². The third-order valence-electron chi connectivity index (χ3n) is 3.56. The van der Waals surface area contributed by atoms with Gasteiger partial charge in [-0.05, 0) is 18.9 Å². The molecule has 1 rings (SSSR count). The fourth-order valence-electron chi connectivity index (χ4n) is 2.26. The first-order valence-electron chi connectivity index (χ1n) is 6.20. The van der Waals surface area contributed by atoms with Crippen molar-refractivity contribution in [1.29, 1.82) is 0 Å². The molecule has 0 saturated heterocycles. The van der Waals surface area contributed by atoms with Gasteiger partial charge in [0.25, 0.3) is 10.0 Å². The van der Waals surface area contributed by atoms with Crippen molar-refractivity contribution in [3.8, 4) is 0 Å². The summed E-state index contributed by atoms with van der Waals surface area (Å²) in [5.41, 5.74) is 5.29. The first kappa shape index (κ1) is 15.1. The van der Waals surface area contributed by atoms with E-state index in [1.54, 1.807) is 0 Å². The van der Waals surface area contributed by atoms with Crippen LogP contribution in [0, 0.1) is 0 Å². The van der Waals surface area contributed by atoms with Crippen molar-refractivity contribution in [2.24, 2.45) is 5.73 Å². The molecule has 18 heavy (non-hydrogen) atoms. The van der Waals surface area contributed by atoms with Crippen molar-refractivity contribution in [3.05, 3.63) is 12.3 Å². The molecule has 0 radical (unpaired) electrons. The number of rotatable bonds is 7. The lowest BCUT2D eigenvalue weighted by molar-refractivity contribution is 0.184. The monoisotopic (exact) mass is 274 g/mol. The molecule has 0 atom stereocenters. The summed E-state index contributed by atoms with van der Waals surface area (Å²) in [7, 11) is -3.57. The highest BCUT2D eigenvalue weighted by atomic mass is 32.2. The van der Waals surface area contributed by atoms with Crippen LogP contribution in [0.5, 0.6) is 0 Å². The summed E-state index contributed by atoms with van der Waals surface area (Å²) >= 11 is 0. The van der Waals surface area contributed by atoms with Crippen LogP contribution in [0.3, 0.4) is 0 Å². The Hall–Kier alpha value is -0.920. The first-order valence-corrected chi connectivity index (χ1v) is 7.64. The van der Waals surface area contributed by atoms with Crippen molar-refractivity contribution in [1.82, 2.24) is 14.5 Å². The molecule has 6 nitrogen and oxygen atoms in total. The predicted octanol–water partition coefficient (Wildman–Crippen LogP) is 0.938. The summed E-state index contributed by atoms with van der Waals surface area (Å²) < 4.78 is 26.6. The zero-order valence-corrected chi connectivity index (χ0v) is 12.0. The average molecular weight is 274 g/mol. The molecular formula is C11H22N4O2S. The van der Waals surface area contributed by atoms with E-state index in [9.17, 15) is 8.42 Å². The molecule has 0 bridgehead atoms. The zero-order valence-electron chi connectivity index (χ0n) is 11.2. The van der Waals surface area contributed by atoms with E-state index < -0.39 is 15.6 Å². The molecule has 0 amide bonds. The van der Waals surface area contributed by atoms with Gasteiger partial charge in [0.15, 0.2) is 5.03 Å². The van der Waals surface area contributed by atoms with Crippen molar-refractivity contribution in [2.75, 3.05) is 13.1 Å².